The van der Waals surface area contributed by atoms with Gasteiger partial charge in [-0.1, -0.05) is 36.8 Å². The van der Waals surface area contributed by atoms with Gasteiger partial charge in [0.2, 0.25) is 10.0 Å². The zero-order valence-corrected chi connectivity index (χ0v) is 23.9. The molecule has 10 heteroatoms. The summed E-state index contributed by atoms with van der Waals surface area (Å²) in [6.45, 7) is 4.79. The molecule has 206 valence electrons. The molecule has 0 saturated carbocycles. The lowest BCUT2D eigenvalue weighted by molar-refractivity contribution is 0.0962. The van der Waals surface area contributed by atoms with Gasteiger partial charge in [0.05, 0.1) is 10.5 Å². The average molecular weight is 567 g/mol. The second-order valence-corrected chi connectivity index (χ2v) is 13.2. The molecular weight excluding hydrogens is 532 g/mol. The molecule has 0 radical (unpaired) electrons. The minimum atomic E-state index is -3.62. The van der Waals surface area contributed by atoms with Crippen molar-refractivity contribution in [1.29, 1.82) is 0 Å². The molecule has 1 atom stereocenters. The highest BCUT2D eigenvalue weighted by atomic mass is 32.2. The molecule has 3 aromatic rings. The SMILES string of the molecule is CNC(=O)c1c(NC(=O)c2ccc(S(=O)(=O)N3CCCCC3C)cc2)sc2c1CCN(Cc1ccccc1)C2. The minimum Gasteiger partial charge on any atom is -0.355 e. The fraction of sp³-hybridized carbons (Fsp3) is 0.379. The lowest BCUT2D eigenvalue weighted by atomic mass is 10.0. The van der Waals surface area contributed by atoms with Gasteiger partial charge in [0, 0.05) is 49.7 Å². The van der Waals surface area contributed by atoms with Crippen LogP contribution < -0.4 is 10.6 Å². The number of thiophene rings is 1. The Hall–Kier alpha value is -3.05. The Morgan fingerprint density at radius 3 is 2.44 bits per heavy atom. The Morgan fingerprint density at radius 2 is 1.74 bits per heavy atom. The van der Waals surface area contributed by atoms with Crippen LogP contribution in [-0.2, 0) is 29.5 Å². The number of sulfonamides is 1. The van der Waals surface area contributed by atoms with Crippen LogP contribution in [0.4, 0.5) is 5.00 Å². The molecule has 1 aromatic heterocycles. The summed E-state index contributed by atoms with van der Waals surface area (Å²) >= 11 is 1.43. The third-order valence-electron chi connectivity index (χ3n) is 7.53. The number of benzene rings is 2. The first-order valence-corrected chi connectivity index (χ1v) is 15.6. The number of hydrogen-bond donors (Lipinski definition) is 2. The smallest absolute Gasteiger partial charge is 0.256 e. The average Bonchev–Trinajstić information content (AvgIpc) is 3.30. The molecule has 5 rings (SSSR count). The number of rotatable bonds is 7. The van der Waals surface area contributed by atoms with Crippen LogP contribution in [0.3, 0.4) is 0 Å². The second-order valence-electron chi connectivity index (χ2n) is 10.2. The first-order valence-electron chi connectivity index (χ1n) is 13.3. The van der Waals surface area contributed by atoms with Crippen molar-refractivity contribution in [2.45, 2.75) is 56.6 Å². The zero-order chi connectivity index (χ0) is 27.6. The summed E-state index contributed by atoms with van der Waals surface area (Å²) in [5.41, 5.74) is 3.07. The summed E-state index contributed by atoms with van der Waals surface area (Å²) in [6, 6.07) is 16.3. The summed E-state index contributed by atoms with van der Waals surface area (Å²) in [6.07, 6.45) is 3.45. The predicted octanol–water partition coefficient (Wildman–Crippen LogP) is 4.48. The molecule has 8 nitrogen and oxygen atoms in total. The van der Waals surface area contributed by atoms with Gasteiger partial charge in [-0.15, -0.1) is 11.3 Å². The number of carbonyl (C=O) groups is 2. The van der Waals surface area contributed by atoms with Gasteiger partial charge in [0.15, 0.2) is 0 Å². The lowest BCUT2D eigenvalue weighted by Gasteiger charge is -2.32. The van der Waals surface area contributed by atoms with E-state index in [1.54, 1.807) is 11.4 Å². The van der Waals surface area contributed by atoms with Gasteiger partial charge in [-0.25, -0.2) is 8.42 Å². The third kappa shape index (κ3) is 5.79. The number of hydrogen-bond acceptors (Lipinski definition) is 6. The standard InChI is InChI=1S/C29H34N4O4S2/c1-20-8-6-7-16-33(20)39(36,37)23-13-11-22(12-14-23)27(34)31-29-26(28(35)30-2)24-15-17-32(19-25(24)38-29)18-21-9-4-3-5-10-21/h3-5,9-14,20H,6-8,15-19H2,1-2H3,(H,30,35)(H,31,34). The fourth-order valence-electron chi connectivity index (χ4n) is 5.40. The molecule has 39 heavy (non-hydrogen) atoms. The highest BCUT2D eigenvalue weighted by Crippen LogP contribution is 2.38. The summed E-state index contributed by atoms with van der Waals surface area (Å²) in [5.74, 6) is -0.605. The van der Waals surface area contributed by atoms with E-state index >= 15 is 0 Å². The van der Waals surface area contributed by atoms with Crippen LogP contribution in [0.1, 0.15) is 62.9 Å². The normalized spacial score (nSPS) is 18.4. The van der Waals surface area contributed by atoms with Crippen LogP contribution >= 0.6 is 11.3 Å². The largest absolute Gasteiger partial charge is 0.355 e. The monoisotopic (exact) mass is 566 g/mol. The number of amides is 2. The van der Waals surface area contributed by atoms with E-state index in [2.05, 4.69) is 27.7 Å². The van der Waals surface area contributed by atoms with E-state index in [1.165, 1.54) is 41.2 Å². The Bertz CT molecular complexity index is 1450. The maximum atomic E-state index is 13.2. The summed E-state index contributed by atoms with van der Waals surface area (Å²) < 4.78 is 27.9. The van der Waals surface area contributed by atoms with Gasteiger partial charge < -0.3 is 10.6 Å². The third-order valence-corrected chi connectivity index (χ3v) is 10.7. The van der Waals surface area contributed by atoms with Crippen molar-refractivity contribution in [3.05, 3.63) is 81.7 Å². The molecular formula is C29H34N4O4S2. The van der Waals surface area contributed by atoms with Crippen molar-refractivity contribution < 1.29 is 18.0 Å². The number of piperidine rings is 1. The van der Waals surface area contributed by atoms with Gasteiger partial charge in [-0.05, 0) is 61.6 Å². The van der Waals surface area contributed by atoms with Crippen molar-refractivity contribution in [3.8, 4) is 0 Å². The second kappa shape index (κ2) is 11.6. The van der Waals surface area contributed by atoms with Crippen LogP contribution in [0.5, 0.6) is 0 Å². The number of fused-ring (bicyclic) bond motifs is 1. The maximum absolute atomic E-state index is 13.2. The van der Waals surface area contributed by atoms with E-state index < -0.39 is 10.0 Å². The first-order chi connectivity index (χ1) is 18.8. The fourth-order valence-corrected chi connectivity index (χ4v) is 8.39. The number of nitrogens with zero attached hydrogens (tertiary/aromatic N) is 2. The molecule has 3 heterocycles. The zero-order valence-electron chi connectivity index (χ0n) is 22.3. The molecule has 0 bridgehead atoms. The molecule has 2 aliphatic rings. The van der Waals surface area contributed by atoms with Crippen molar-refractivity contribution in [3.63, 3.8) is 0 Å². The molecule has 2 amide bonds. The van der Waals surface area contributed by atoms with E-state index in [4.69, 9.17) is 0 Å². The van der Waals surface area contributed by atoms with Crippen molar-refractivity contribution in [2.75, 3.05) is 25.5 Å². The van der Waals surface area contributed by atoms with Crippen LogP contribution in [0.15, 0.2) is 59.5 Å². The van der Waals surface area contributed by atoms with Crippen molar-refractivity contribution in [1.82, 2.24) is 14.5 Å². The molecule has 2 aromatic carbocycles. The lowest BCUT2D eigenvalue weighted by Crippen LogP contribution is -2.41. The van der Waals surface area contributed by atoms with Crippen LogP contribution in [0, 0.1) is 0 Å². The quantitative estimate of drug-likeness (QED) is 0.439. The van der Waals surface area contributed by atoms with Gasteiger partial charge in [0.25, 0.3) is 11.8 Å². The highest BCUT2D eigenvalue weighted by Gasteiger charge is 2.31. The Morgan fingerprint density at radius 1 is 1.00 bits per heavy atom. The van der Waals surface area contributed by atoms with Crippen LogP contribution in [0.2, 0.25) is 0 Å². The predicted molar refractivity (Wildman–Crippen MR) is 154 cm³/mol. The summed E-state index contributed by atoms with van der Waals surface area (Å²) in [5, 5.41) is 6.16. The topological polar surface area (TPSA) is 98.8 Å². The minimum absolute atomic E-state index is 0.0386. The molecule has 0 aliphatic carbocycles. The van der Waals surface area contributed by atoms with Crippen molar-refractivity contribution >= 4 is 38.2 Å². The Labute approximate surface area is 234 Å². The van der Waals surface area contributed by atoms with E-state index in [-0.39, 0.29) is 22.8 Å². The molecule has 1 saturated heterocycles. The van der Waals surface area contributed by atoms with Gasteiger partial charge in [-0.3, -0.25) is 14.5 Å². The maximum Gasteiger partial charge on any atom is 0.256 e. The van der Waals surface area contributed by atoms with Gasteiger partial charge in [-0.2, -0.15) is 4.31 Å². The van der Waals surface area contributed by atoms with Crippen LogP contribution in [0.25, 0.3) is 0 Å². The number of anilines is 1. The van der Waals surface area contributed by atoms with Crippen molar-refractivity contribution in [2.24, 2.45) is 0 Å². The van der Waals surface area contributed by atoms with E-state index in [9.17, 15) is 18.0 Å². The van der Waals surface area contributed by atoms with E-state index in [0.29, 0.717) is 29.2 Å². The first kappa shape index (κ1) is 27.5. The number of carbonyl (C=O) groups excluding carboxylic acids is 2. The van der Waals surface area contributed by atoms with Crippen LogP contribution in [-0.4, -0.2) is 55.6 Å². The number of nitrogens with one attached hydrogen (secondary N) is 2. The molecule has 1 fully saturated rings. The molecule has 2 N–H and O–H groups in total. The van der Waals surface area contributed by atoms with E-state index in [0.717, 1.165) is 49.2 Å². The Balaban J connectivity index is 1.34. The highest BCUT2D eigenvalue weighted by molar-refractivity contribution is 7.89. The molecule has 2 aliphatic heterocycles. The van der Waals surface area contributed by atoms with Gasteiger partial charge >= 0.3 is 0 Å². The molecule has 1 unspecified atom stereocenters. The summed E-state index contributed by atoms with van der Waals surface area (Å²) in [4.78, 5) is 29.7. The summed E-state index contributed by atoms with van der Waals surface area (Å²) in [7, 11) is -2.03. The molecule has 0 spiro atoms. The van der Waals surface area contributed by atoms with E-state index in [1.807, 2.05) is 25.1 Å². The van der Waals surface area contributed by atoms with Gasteiger partial charge in [0.1, 0.15) is 5.00 Å². The Kier molecular flexibility index (Phi) is 8.18.